The largest absolute Gasteiger partial charge is 0.394 e. The molecule has 2 amide bonds. The first-order chi connectivity index (χ1) is 9.19. The standard InChI is InChI=1S/C14H22N2O2S/c1-2-11(12-6-5-9-19-12)15-13(18)16-14(10-17)7-3-4-8-14/h5-6,9,11,17H,2-4,7-8,10H2,1H3,(H2,15,16,18). The molecule has 1 aliphatic carbocycles. The van der Waals surface area contributed by atoms with Crippen LogP contribution in [0.4, 0.5) is 4.79 Å². The van der Waals surface area contributed by atoms with Crippen molar-refractivity contribution in [3.63, 3.8) is 0 Å². The number of aliphatic hydroxyl groups is 1. The Morgan fingerprint density at radius 2 is 2.26 bits per heavy atom. The highest BCUT2D eigenvalue weighted by atomic mass is 32.1. The molecular weight excluding hydrogens is 260 g/mol. The Bertz CT molecular complexity index is 400. The number of aliphatic hydroxyl groups excluding tert-OH is 1. The van der Waals surface area contributed by atoms with Crippen molar-refractivity contribution in [3.8, 4) is 0 Å². The molecule has 1 aromatic rings. The van der Waals surface area contributed by atoms with Gasteiger partial charge < -0.3 is 15.7 Å². The summed E-state index contributed by atoms with van der Waals surface area (Å²) in [5.41, 5.74) is -0.405. The van der Waals surface area contributed by atoms with Crippen LogP contribution in [0.25, 0.3) is 0 Å². The highest BCUT2D eigenvalue weighted by molar-refractivity contribution is 7.10. The van der Waals surface area contributed by atoms with Gasteiger partial charge in [-0.3, -0.25) is 0 Å². The van der Waals surface area contributed by atoms with E-state index in [0.29, 0.717) is 0 Å². The van der Waals surface area contributed by atoms with Crippen molar-refractivity contribution in [2.24, 2.45) is 0 Å². The Kier molecular flexibility index (Phi) is 4.82. The van der Waals surface area contributed by atoms with Crippen LogP contribution in [0.15, 0.2) is 17.5 Å². The minimum atomic E-state index is -0.405. The lowest BCUT2D eigenvalue weighted by molar-refractivity contribution is 0.161. The summed E-state index contributed by atoms with van der Waals surface area (Å²) in [6, 6.07) is 3.92. The molecule has 1 saturated carbocycles. The van der Waals surface area contributed by atoms with Crippen LogP contribution in [-0.4, -0.2) is 23.3 Å². The van der Waals surface area contributed by atoms with E-state index in [0.717, 1.165) is 32.1 Å². The minimum Gasteiger partial charge on any atom is -0.394 e. The van der Waals surface area contributed by atoms with E-state index in [-0.39, 0.29) is 18.7 Å². The maximum absolute atomic E-state index is 12.1. The Morgan fingerprint density at radius 3 is 2.79 bits per heavy atom. The number of thiophene rings is 1. The summed E-state index contributed by atoms with van der Waals surface area (Å²) < 4.78 is 0. The molecule has 0 saturated heterocycles. The first-order valence-corrected chi connectivity index (χ1v) is 7.80. The van der Waals surface area contributed by atoms with E-state index in [2.05, 4.69) is 17.6 Å². The number of nitrogens with one attached hydrogen (secondary N) is 2. The molecule has 106 valence electrons. The minimum absolute atomic E-state index is 0.0240. The van der Waals surface area contributed by atoms with Crippen LogP contribution in [0, 0.1) is 0 Å². The average Bonchev–Trinajstić information content (AvgIpc) is 3.07. The van der Waals surface area contributed by atoms with Crippen LogP contribution in [0.2, 0.25) is 0 Å². The first-order valence-electron chi connectivity index (χ1n) is 6.92. The maximum atomic E-state index is 12.1. The van der Waals surface area contributed by atoms with Gasteiger partial charge in [0, 0.05) is 4.88 Å². The van der Waals surface area contributed by atoms with Crippen molar-refractivity contribution < 1.29 is 9.90 Å². The Balaban J connectivity index is 1.93. The van der Waals surface area contributed by atoms with Gasteiger partial charge >= 0.3 is 6.03 Å². The molecule has 0 bridgehead atoms. The fourth-order valence-electron chi connectivity index (χ4n) is 2.67. The van der Waals surface area contributed by atoms with E-state index in [4.69, 9.17) is 0 Å². The van der Waals surface area contributed by atoms with Gasteiger partial charge in [-0.15, -0.1) is 11.3 Å². The van der Waals surface area contributed by atoms with Crippen molar-refractivity contribution in [3.05, 3.63) is 22.4 Å². The monoisotopic (exact) mass is 282 g/mol. The number of hydrogen-bond acceptors (Lipinski definition) is 3. The Morgan fingerprint density at radius 1 is 1.53 bits per heavy atom. The van der Waals surface area contributed by atoms with Crippen molar-refractivity contribution in [2.75, 3.05) is 6.61 Å². The van der Waals surface area contributed by atoms with E-state index in [1.807, 2.05) is 17.5 Å². The summed E-state index contributed by atoms with van der Waals surface area (Å²) in [6.07, 6.45) is 4.74. The number of rotatable bonds is 5. The normalized spacial score (nSPS) is 19.1. The number of urea groups is 1. The van der Waals surface area contributed by atoms with Gasteiger partial charge in [-0.05, 0) is 30.7 Å². The third kappa shape index (κ3) is 3.48. The van der Waals surface area contributed by atoms with E-state index < -0.39 is 5.54 Å². The maximum Gasteiger partial charge on any atom is 0.315 e. The third-order valence-corrected chi connectivity index (χ3v) is 4.83. The van der Waals surface area contributed by atoms with Crippen LogP contribution < -0.4 is 10.6 Å². The fraction of sp³-hybridized carbons (Fsp3) is 0.643. The molecule has 1 atom stereocenters. The van der Waals surface area contributed by atoms with E-state index in [1.54, 1.807) is 11.3 Å². The zero-order valence-electron chi connectivity index (χ0n) is 11.3. The average molecular weight is 282 g/mol. The Labute approximate surface area is 118 Å². The lowest BCUT2D eigenvalue weighted by Crippen LogP contribution is -2.53. The first kappa shape index (κ1) is 14.3. The Hall–Kier alpha value is -1.07. The molecule has 3 N–H and O–H groups in total. The van der Waals surface area contributed by atoms with Gasteiger partial charge in [0.15, 0.2) is 0 Å². The summed E-state index contributed by atoms with van der Waals surface area (Å²) in [5.74, 6) is 0. The summed E-state index contributed by atoms with van der Waals surface area (Å²) in [7, 11) is 0. The van der Waals surface area contributed by atoms with Gasteiger partial charge in [-0.1, -0.05) is 25.8 Å². The molecule has 19 heavy (non-hydrogen) atoms. The molecule has 1 aromatic heterocycles. The van der Waals surface area contributed by atoms with Crippen LogP contribution >= 0.6 is 11.3 Å². The van der Waals surface area contributed by atoms with Gasteiger partial charge in [0.05, 0.1) is 18.2 Å². The molecule has 0 spiro atoms. The lowest BCUT2D eigenvalue weighted by atomic mass is 9.99. The van der Waals surface area contributed by atoms with Crippen LogP contribution in [0.1, 0.15) is 49.9 Å². The SMILES string of the molecule is CCC(NC(=O)NC1(CO)CCCC1)c1cccs1. The van der Waals surface area contributed by atoms with Gasteiger partial charge in [0.1, 0.15) is 0 Å². The van der Waals surface area contributed by atoms with Crippen LogP contribution in [0.3, 0.4) is 0 Å². The van der Waals surface area contributed by atoms with Gasteiger partial charge in [0.2, 0.25) is 0 Å². The molecule has 1 unspecified atom stereocenters. The van der Waals surface area contributed by atoms with Crippen molar-refractivity contribution >= 4 is 17.4 Å². The predicted molar refractivity (Wildman–Crippen MR) is 77.3 cm³/mol. The smallest absolute Gasteiger partial charge is 0.315 e. The summed E-state index contributed by atoms with van der Waals surface area (Å²) in [6.45, 7) is 2.08. The van der Waals surface area contributed by atoms with Gasteiger partial charge in [-0.25, -0.2) is 4.79 Å². The van der Waals surface area contributed by atoms with Crippen molar-refractivity contribution in [2.45, 2.75) is 50.6 Å². The third-order valence-electron chi connectivity index (χ3n) is 3.84. The second-order valence-corrected chi connectivity index (χ2v) is 6.20. The predicted octanol–water partition coefficient (Wildman–Crippen LogP) is 2.80. The molecule has 0 aliphatic heterocycles. The molecule has 4 nitrogen and oxygen atoms in total. The number of hydrogen-bond donors (Lipinski definition) is 3. The molecular formula is C14H22N2O2S. The molecule has 0 radical (unpaired) electrons. The molecule has 5 heteroatoms. The fourth-order valence-corrected chi connectivity index (χ4v) is 3.53. The number of carbonyl (C=O) groups excluding carboxylic acids is 1. The highest BCUT2D eigenvalue weighted by Crippen LogP contribution is 2.29. The zero-order valence-corrected chi connectivity index (χ0v) is 12.1. The zero-order chi connectivity index (χ0) is 13.7. The molecule has 0 aromatic carbocycles. The van der Waals surface area contributed by atoms with Crippen molar-refractivity contribution in [1.29, 1.82) is 0 Å². The van der Waals surface area contributed by atoms with E-state index in [1.165, 1.54) is 4.88 Å². The molecule has 1 fully saturated rings. The van der Waals surface area contributed by atoms with Crippen molar-refractivity contribution in [1.82, 2.24) is 10.6 Å². The molecule has 1 heterocycles. The topological polar surface area (TPSA) is 61.4 Å². The molecule has 1 aliphatic rings. The van der Waals surface area contributed by atoms with E-state index >= 15 is 0 Å². The highest BCUT2D eigenvalue weighted by Gasteiger charge is 2.34. The molecule has 2 rings (SSSR count). The lowest BCUT2D eigenvalue weighted by Gasteiger charge is -2.29. The number of carbonyl (C=O) groups is 1. The second-order valence-electron chi connectivity index (χ2n) is 5.22. The number of amides is 2. The summed E-state index contributed by atoms with van der Waals surface area (Å²) >= 11 is 1.65. The summed E-state index contributed by atoms with van der Waals surface area (Å²) in [4.78, 5) is 13.3. The second kappa shape index (κ2) is 6.39. The van der Waals surface area contributed by atoms with Crippen LogP contribution in [0.5, 0.6) is 0 Å². The van der Waals surface area contributed by atoms with Gasteiger partial charge in [-0.2, -0.15) is 0 Å². The summed E-state index contributed by atoms with van der Waals surface area (Å²) in [5, 5.41) is 17.5. The quantitative estimate of drug-likeness (QED) is 0.777. The van der Waals surface area contributed by atoms with Crippen LogP contribution in [-0.2, 0) is 0 Å². The van der Waals surface area contributed by atoms with Gasteiger partial charge in [0.25, 0.3) is 0 Å². The van der Waals surface area contributed by atoms with E-state index in [9.17, 15) is 9.90 Å².